The zero-order valence-corrected chi connectivity index (χ0v) is 9.81. The Morgan fingerprint density at radius 3 is 2.56 bits per heavy atom. The van der Waals surface area contributed by atoms with E-state index in [1.807, 2.05) is 31.2 Å². The summed E-state index contributed by atoms with van der Waals surface area (Å²) in [5.74, 6) is 0.837. The van der Waals surface area contributed by atoms with E-state index in [1.54, 1.807) is 13.2 Å². The van der Waals surface area contributed by atoms with Crippen molar-refractivity contribution in [3.8, 4) is 5.75 Å². The Hall–Kier alpha value is -1.32. The Morgan fingerprint density at radius 2 is 2.00 bits per heavy atom. The average Bonchev–Trinajstić information content (AvgIpc) is 2.34. The Balaban J connectivity index is 2.41. The maximum atomic E-state index is 5.42. The predicted molar refractivity (Wildman–Crippen MR) is 63.4 cm³/mol. The molecule has 0 spiro atoms. The second kappa shape index (κ2) is 7.04. The molecule has 16 heavy (non-hydrogen) atoms. The first-order valence-electron chi connectivity index (χ1n) is 5.23. The Bertz CT molecular complexity index is 305. The van der Waals surface area contributed by atoms with E-state index in [-0.39, 0.29) is 6.29 Å². The highest BCUT2D eigenvalue weighted by Gasteiger charge is 2.00. The predicted octanol–water partition coefficient (Wildman–Crippen LogP) is 2.76. The van der Waals surface area contributed by atoms with Crippen LogP contribution in [0.2, 0.25) is 0 Å². The van der Waals surface area contributed by atoms with E-state index in [2.05, 4.69) is 6.58 Å². The van der Waals surface area contributed by atoms with Crippen LogP contribution in [0.5, 0.6) is 5.75 Å². The fourth-order valence-corrected chi connectivity index (χ4v) is 1.12. The number of rotatable bonds is 7. The second-order valence-corrected chi connectivity index (χ2v) is 3.36. The van der Waals surface area contributed by atoms with E-state index in [1.165, 1.54) is 0 Å². The third-order valence-corrected chi connectivity index (χ3v) is 2.11. The minimum atomic E-state index is -0.184. The van der Waals surface area contributed by atoms with Gasteiger partial charge in [-0.1, -0.05) is 24.8 Å². The molecule has 0 heterocycles. The lowest BCUT2D eigenvalue weighted by Crippen LogP contribution is -2.09. The molecule has 0 saturated carbocycles. The molecule has 3 heteroatoms. The van der Waals surface area contributed by atoms with Crippen LogP contribution in [0.4, 0.5) is 0 Å². The van der Waals surface area contributed by atoms with Crippen molar-refractivity contribution in [3.05, 3.63) is 42.5 Å². The van der Waals surface area contributed by atoms with Crippen molar-refractivity contribution < 1.29 is 14.2 Å². The standard InChI is InChI=1S/C13H18O3/c1-4-9-15-13-7-5-12(6-8-13)10-16-11(2)14-3/h4-8,11H,1,9-10H2,2-3H3. The molecule has 0 aliphatic carbocycles. The van der Waals surface area contributed by atoms with Crippen LogP contribution in [0, 0.1) is 0 Å². The van der Waals surface area contributed by atoms with Crippen LogP contribution in [0.15, 0.2) is 36.9 Å². The van der Waals surface area contributed by atoms with Crippen LogP contribution in [-0.4, -0.2) is 20.0 Å². The summed E-state index contributed by atoms with van der Waals surface area (Å²) in [7, 11) is 1.62. The van der Waals surface area contributed by atoms with Crippen molar-refractivity contribution in [2.75, 3.05) is 13.7 Å². The monoisotopic (exact) mass is 222 g/mol. The van der Waals surface area contributed by atoms with Crippen LogP contribution in [0.3, 0.4) is 0 Å². The molecule has 88 valence electrons. The summed E-state index contributed by atoms with van der Waals surface area (Å²) in [5, 5.41) is 0. The topological polar surface area (TPSA) is 27.7 Å². The van der Waals surface area contributed by atoms with Gasteiger partial charge < -0.3 is 14.2 Å². The van der Waals surface area contributed by atoms with Crippen molar-refractivity contribution in [2.45, 2.75) is 19.8 Å². The normalized spacial score (nSPS) is 12.1. The van der Waals surface area contributed by atoms with Crippen LogP contribution >= 0.6 is 0 Å². The maximum Gasteiger partial charge on any atom is 0.154 e. The minimum absolute atomic E-state index is 0.184. The van der Waals surface area contributed by atoms with Crippen LogP contribution in [0.25, 0.3) is 0 Å². The molecule has 1 unspecified atom stereocenters. The molecule has 0 fully saturated rings. The molecular weight excluding hydrogens is 204 g/mol. The Labute approximate surface area is 96.6 Å². The smallest absolute Gasteiger partial charge is 0.154 e. The van der Waals surface area contributed by atoms with Gasteiger partial charge in [0.1, 0.15) is 12.4 Å². The first kappa shape index (κ1) is 12.7. The third-order valence-electron chi connectivity index (χ3n) is 2.11. The van der Waals surface area contributed by atoms with Gasteiger partial charge in [-0.3, -0.25) is 0 Å². The summed E-state index contributed by atoms with van der Waals surface area (Å²) in [5.41, 5.74) is 1.09. The summed E-state index contributed by atoms with van der Waals surface area (Å²) >= 11 is 0. The molecule has 1 rings (SSSR count). The van der Waals surface area contributed by atoms with E-state index in [0.717, 1.165) is 11.3 Å². The van der Waals surface area contributed by atoms with Crippen molar-refractivity contribution in [2.24, 2.45) is 0 Å². The van der Waals surface area contributed by atoms with Gasteiger partial charge in [-0.05, 0) is 24.6 Å². The zero-order chi connectivity index (χ0) is 11.8. The molecule has 0 aliphatic heterocycles. The zero-order valence-electron chi connectivity index (χ0n) is 9.81. The van der Waals surface area contributed by atoms with Gasteiger partial charge in [-0.2, -0.15) is 0 Å². The van der Waals surface area contributed by atoms with Crippen LogP contribution < -0.4 is 4.74 Å². The second-order valence-electron chi connectivity index (χ2n) is 3.36. The first-order chi connectivity index (χ1) is 7.76. The highest BCUT2D eigenvalue weighted by atomic mass is 16.7. The molecule has 0 aliphatic rings. The van der Waals surface area contributed by atoms with Crippen LogP contribution in [0.1, 0.15) is 12.5 Å². The fourth-order valence-electron chi connectivity index (χ4n) is 1.12. The summed E-state index contributed by atoms with van der Waals surface area (Å²) in [4.78, 5) is 0. The van der Waals surface area contributed by atoms with Gasteiger partial charge in [0, 0.05) is 7.11 Å². The van der Waals surface area contributed by atoms with Crippen molar-refractivity contribution in [1.29, 1.82) is 0 Å². The maximum absolute atomic E-state index is 5.42. The Kier molecular flexibility index (Phi) is 5.61. The lowest BCUT2D eigenvalue weighted by molar-refractivity contribution is -0.118. The number of benzene rings is 1. The largest absolute Gasteiger partial charge is 0.490 e. The highest BCUT2D eigenvalue weighted by Crippen LogP contribution is 2.13. The van der Waals surface area contributed by atoms with Gasteiger partial charge in [0.05, 0.1) is 6.61 Å². The van der Waals surface area contributed by atoms with Crippen molar-refractivity contribution in [1.82, 2.24) is 0 Å². The summed E-state index contributed by atoms with van der Waals surface area (Å²) in [6, 6.07) is 7.78. The summed E-state index contributed by atoms with van der Waals surface area (Å²) in [6.45, 7) is 6.52. The van der Waals surface area contributed by atoms with E-state index < -0.39 is 0 Å². The number of ether oxygens (including phenoxy) is 3. The van der Waals surface area contributed by atoms with Crippen molar-refractivity contribution >= 4 is 0 Å². The molecule has 1 aromatic rings. The molecule has 0 aromatic heterocycles. The summed E-state index contributed by atoms with van der Waals surface area (Å²) < 4.78 is 15.8. The first-order valence-corrected chi connectivity index (χ1v) is 5.23. The van der Waals surface area contributed by atoms with Gasteiger partial charge in [-0.25, -0.2) is 0 Å². The quantitative estimate of drug-likeness (QED) is 0.524. The van der Waals surface area contributed by atoms with Gasteiger partial charge in [-0.15, -0.1) is 0 Å². The molecule has 0 radical (unpaired) electrons. The molecule has 0 bridgehead atoms. The van der Waals surface area contributed by atoms with Gasteiger partial charge in [0.15, 0.2) is 6.29 Å². The van der Waals surface area contributed by atoms with Gasteiger partial charge >= 0.3 is 0 Å². The van der Waals surface area contributed by atoms with E-state index >= 15 is 0 Å². The molecule has 1 aromatic carbocycles. The molecule has 0 N–H and O–H groups in total. The SMILES string of the molecule is C=CCOc1ccc(COC(C)OC)cc1. The third kappa shape index (κ3) is 4.47. The minimum Gasteiger partial charge on any atom is -0.490 e. The van der Waals surface area contributed by atoms with E-state index in [9.17, 15) is 0 Å². The summed E-state index contributed by atoms with van der Waals surface area (Å²) in [6.07, 6.45) is 1.54. The lowest BCUT2D eigenvalue weighted by atomic mass is 10.2. The number of hydrogen-bond acceptors (Lipinski definition) is 3. The molecule has 0 saturated heterocycles. The van der Waals surface area contributed by atoms with Crippen LogP contribution in [-0.2, 0) is 16.1 Å². The number of methoxy groups -OCH3 is 1. The van der Waals surface area contributed by atoms with Gasteiger partial charge in [0.25, 0.3) is 0 Å². The van der Waals surface area contributed by atoms with E-state index in [0.29, 0.717) is 13.2 Å². The molecular formula is C13H18O3. The molecule has 1 atom stereocenters. The van der Waals surface area contributed by atoms with E-state index in [4.69, 9.17) is 14.2 Å². The Morgan fingerprint density at radius 1 is 1.31 bits per heavy atom. The fraction of sp³-hybridized carbons (Fsp3) is 0.385. The highest BCUT2D eigenvalue weighted by molar-refractivity contribution is 5.27. The van der Waals surface area contributed by atoms with Crippen molar-refractivity contribution in [3.63, 3.8) is 0 Å². The lowest BCUT2D eigenvalue weighted by Gasteiger charge is -2.11. The van der Waals surface area contributed by atoms with Gasteiger partial charge in [0.2, 0.25) is 0 Å². The molecule has 0 amide bonds. The number of hydrogen-bond donors (Lipinski definition) is 0. The molecule has 3 nitrogen and oxygen atoms in total. The average molecular weight is 222 g/mol.